The van der Waals surface area contributed by atoms with Crippen LogP contribution in [0.25, 0.3) is 10.9 Å². The number of hydrogen-bond donors (Lipinski definition) is 1. The number of nitrogens with zero attached hydrogens (tertiary/aromatic N) is 1. The van der Waals surface area contributed by atoms with Crippen LogP contribution >= 0.6 is 0 Å². The molecule has 0 unspecified atom stereocenters. The highest BCUT2D eigenvalue weighted by molar-refractivity contribution is 7.92. The third kappa shape index (κ3) is 2.86. The van der Waals surface area contributed by atoms with E-state index in [9.17, 15) is 8.42 Å². The Kier molecular flexibility index (Phi) is 3.70. The molecule has 0 heterocycles. The maximum Gasteiger partial charge on any atom is 0.260 e. The lowest BCUT2D eigenvalue weighted by Crippen LogP contribution is -2.14. The number of fused-ring (bicyclic) bond motifs is 1. The molecule has 0 atom stereocenters. The Morgan fingerprint density at radius 2 is 1.96 bits per heavy atom. The molecule has 0 aliphatic heterocycles. The first-order valence-electron chi connectivity index (χ1n) is 7.21. The molecule has 0 spiro atoms. The number of anilines is 1. The smallest absolute Gasteiger partial charge is 0.260 e. The van der Waals surface area contributed by atoms with E-state index in [1.165, 1.54) is 17.7 Å². The van der Waals surface area contributed by atoms with Crippen molar-refractivity contribution in [2.45, 2.75) is 25.2 Å². The second-order valence-corrected chi connectivity index (χ2v) is 7.39. The van der Waals surface area contributed by atoms with Crippen molar-refractivity contribution in [1.82, 2.24) is 0 Å². The Bertz CT molecular complexity index is 967. The minimum Gasteiger partial charge on any atom is -0.279 e. The van der Waals surface area contributed by atoms with Gasteiger partial charge in [-0.2, -0.15) is 0 Å². The fourth-order valence-electron chi connectivity index (χ4n) is 2.77. The van der Waals surface area contributed by atoms with Crippen molar-refractivity contribution < 1.29 is 8.42 Å². The standard InChI is InChI=1S/C18H16N2O2S/c1-12-9-16-13(2)7-8-18(17(16)10-12)20-23(21,22)15-6-4-5-14(11-15)19-3/h4-9,11,20H,10H2,1-2H3. The maximum absolute atomic E-state index is 12.6. The van der Waals surface area contributed by atoms with Crippen molar-refractivity contribution in [3.8, 4) is 0 Å². The molecule has 0 fully saturated rings. The first-order chi connectivity index (χ1) is 10.9. The summed E-state index contributed by atoms with van der Waals surface area (Å²) in [5, 5.41) is 0. The molecular formula is C18H16N2O2S. The van der Waals surface area contributed by atoms with Gasteiger partial charge in [0.2, 0.25) is 0 Å². The quantitative estimate of drug-likeness (QED) is 0.856. The summed E-state index contributed by atoms with van der Waals surface area (Å²) in [5.74, 6) is 0. The van der Waals surface area contributed by atoms with Gasteiger partial charge in [-0.1, -0.05) is 29.8 Å². The summed E-state index contributed by atoms with van der Waals surface area (Å²) in [7, 11) is -3.71. The molecule has 4 nitrogen and oxygen atoms in total. The van der Waals surface area contributed by atoms with Gasteiger partial charge in [0, 0.05) is 0 Å². The van der Waals surface area contributed by atoms with E-state index in [0.29, 0.717) is 11.4 Å². The summed E-state index contributed by atoms with van der Waals surface area (Å²) in [6.45, 7) is 11.1. The predicted octanol–water partition coefficient (Wildman–Crippen LogP) is 4.31. The fraction of sp³-hybridized carbons (Fsp3) is 0.167. The van der Waals surface area contributed by atoms with Gasteiger partial charge in [-0.05, 0) is 55.2 Å². The number of allylic oxidation sites excluding steroid dienone is 1. The van der Waals surface area contributed by atoms with Gasteiger partial charge in [0.15, 0.2) is 5.69 Å². The Morgan fingerprint density at radius 3 is 2.70 bits per heavy atom. The Labute approximate surface area is 136 Å². The zero-order valence-corrected chi connectivity index (χ0v) is 13.7. The first-order valence-corrected chi connectivity index (χ1v) is 8.69. The average molecular weight is 324 g/mol. The van der Waals surface area contributed by atoms with E-state index in [1.54, 1.807) is 18.2 Å². The minimum absolute atomic E-state index is 0.100. The average Bonchev–Trinajstić information content (AvgIpc) is 2.93. The normalized spacial score (nSPS) is 13.2. The van der Waals surface area contributed by atoms with E-state index in [1.807, 2.05) is 19.9 Å². The van der Waals surface area contributed by atoms with E-state index in [-0.39, 0.29) is 4.90 Å². The molecule has 0 aromatic heterocycles. The fourth-order valence-corrected chi connectivity index (χ4v) is 3.90. The van der Waals surface area contributed by atoms with Gasteiger partial charge in [0.05, 0.1) is 17.2 Å². The Balaban J connectivity index is 2.00. The minimum atomic E-state index is -3.71. The second kappa shape index (κ2) is 5.56. The summed E-state index contributed by atoms with van der Waals surface area (Å²) in [4.78, 5) is 3.38. The van der Waals surface area contributed by atoms with Crippen LogP contribution in [0.1, 0.15) is 23.6 Å². The van der Waals surface area contributed by atoms with Crippen LogP contribution in [0, 0.1) is 13.5 Å². The van der Waals surface area contributed by atoms with Crippen LogP contribution in [-0.2, 0) is 16.4 Å². The van der Waals surface area contributed by atoms with Crippen molar-refractivity contribution in [3.05, 3.63) is 70.1 Å². The van der Waals surface area contributed by atoms with Crippen LogP contribution in [0.4, 0.5) is 11.4 Å². The molecule has 2 aromatic rings. The van der Waals surface area contributed by atoms with E-state index in [4.69, 9.17) is 6.57 Å². The van der Waals surface area contributed by atoms with E-state index in [0.717, 1.165) is 23.1 Å². The second-order valence-electron chi connectivity index (χ2n) is 5.70. The predicted molar refractivity (Wildman–Crippen MR) is 92.0 cm³/mol. The molecule has 5 heteroatoms. The molecular weight excluding hydrogens is 308 g/mol. The Hall–Kier alpha value is -2.58. The van der Waals surface area contributed by atoms with E-state index >= 15 is 0 Å². The van der Waals surface area contributed by atoms with Crippen molar-refractivity contribution in [3.63, 3.8) is 0 Å². The van der Waals surface area contributed by atoms with Crippen LogP contribution in [0.5, 0.6) is 0 Å². The number of hydrogen-bond acceptors (Lipinski definition) is 2. The van der Waals surface area contributed by atoms with Gasteiger partial charge in [-0.25, -0.2) is 13.3 Å². The van der Waals surface area contributed by atoms with Gasteiger partial charge in [-0.3, -0.25) is 4.72 Å². The van der Waals surface area contributed by atoms with Crippen LogP contribution in [0.2, 0.25) is 0 Å². The molecule has 116 valence electrons. The third-order valence-electron chi connectivity index (χ3n) is 3.92. The number of rotatable bonds is 3. The molecule has 0 saturated heterocycles. The highest BCUT2D eigenvalue weighted by Gasteiger charge is 2.21. The molecule has 2 aromatic carbocycles. The lowest BCUT2D eigenvalue weighted by Gasteiger charge is -2.14. The number of sulfonamides is 1. The van der Waals surface area contributed by atoms with E-state index < -0.39 is 10.0 Å². The lowest BCUT2D eigenvalue weighted by molar-refractivity contribution is 0.601. The van der Waals surface area contributed by atoms with Gasteiger partial charge < -0.3 is 0 Å². The lowest BCUT2D eigenvalue weighted by atomic mass is 10.0. The van der Waals surface area contributed by atoms with Crippen molar-refractivity contribution in [1.29, 1.82) is 0 Å². The topological polar surface area (TPSA) is 50.5 Å². The maximum atomic E-state index is 12.6. The molecule has 1 aliphatic rings. The zero-order valence-electron chi connectivity index (χ0n) is 12.9. The molecule has 1 N–H and O–H groups in total. The first kappa shape index (κ1) is 15.3. The van der Waals surface area contributed by atoms with Gasteiger partial charge in [0.1, 0.15) is 0 Å². The van der Waals surface area contributed by atoms with Crippen LogP contribution in [0.15, 0.2) is 46.9 Å². The third-order valence-corrected chi connectivity index (χ3v) is 5.29. The monoisotopic (exact) mass is 324 g/mol. The number of nitrogens with one attached hydrogen (secondary N) is 1. The number of aryl methyl sites for hydroxylation is 1. The molecule has 1 aliphatic carbocycles. The molecule has 3 rings (SSSR count). The molecule has 0 amide bonds. The van der Waals surface area contributed by atoms with Gasteiger partial charge >= 0.3 is 0 Å². The zero-order chi connectivity index (χ0) is 16.6. The molecule has 0 radical (unpaired) electrons. The van der Waals surface area contributed by atoms with Crippen molar-refractivity contribution >= 4 is 27.5 Å². The summed E-state index contributed by atoms with van der Waals surface area (Å²) in [6, 6.07) is 9.76. The summed E-state index contributed by atoms with van der Waals surface area (Å²) >= 11 is 0. The van der Waals surface area contributed by atoms with Crippen LogP contribution in [-0.4, -0.2) is 8.42 Å². The SMILES string of the molecule is [C-]#[N+]c1cccc(S(=O)(=O)Nc2ccc(C)c3c2CC(C)=C3)c1. The van der Waals surface area contributed by atoms with Crippen molar-refractivity contribution in [2.75, 3.05) is 4.72 Å². The van der Waals surface area contributed by atoms with Crippen LogP contribution < -0.4 is 4.72 Å². The summed E-state index contributed by atoms with van der Waals surface area (Å²) in [6.07, 6.45) is 2.85. The van der Waals surface area contributed by atoms with Gasteiger partial charge in [0.25, 0.3) is 10.0 Å². The summed E-state index contributed by atoms with van der Waals surface area (Å²) < 4.78 is 27.9. The Morgan fingerprint density at radius 1 is 1.17 bits per heavy atom. The largest absolute Gasteiger partial charge is 0.279 e. The van der Waals surface area contributed by atoms with E-state index in [2.05, 4.69) is 15.6 Å². The molecule has 23 heavy (non-hydrogen) atoms. The van der Waals surface area contributed by atoms with Crippen molar-refractivity contribution in [2.24, 2.45) is 0 Å². The van der Waals surface area contributed by atoms with Gasteiger partial charge in [-0.15, -0.1) is 0 Å². The molecule has 0 saturated carbocycles. The highest BCUT2D eigenvalue weighted by atomic mass is 32.2. The summed E-state index contributed by atoms with van der Waals surface area (Å²) in [5.41, 5.74) is 5.36. The number of benzene rings is 2. The molecule has 0 bridgehead atoms. The highest BCUT2D eigenvalue weighted by Crippen LogP contribution is 2.34. The van der Waals surface area contributed by atoms with Crippen LogP contribution in [0.3, 0.4) is 0 Å².